The van der Waals surface area contributed by atoms with Crippen LogP contribution < -0.4 is 10.5 Å². The fourth-order valence-electron chi connectivity index (χ4n) is 3.55. The van der Waals surface area contributed by atoms with E-state index in [4.69, 9.17) is 10.5 Å². The van der Waals surface area contributed by atoms with Crippen molar-refractivity contribution >= 4 is 39.5 Å². The number of para-hydroxylation sites is 1. The van der Waals surface area contributed by atoms with E-state index >= 15 is 0 Å². The van der Waals surface area contributed by atoms with Gasteiger partial charge in [0.1, 0.15) is 22.7 Å². The maximum absolute atomic E-state index is 6.15. The number of aromatic nitrogens is 2. The van der Waals surface area contributed by atoms with Crippen molar-refractivity contribution in [1.82, 2.24) is 9.97 Å². The van der Waals surface area contributed by atoms with E-state index in [2.05, 4.69) is 48.1 Å². The Kier molecular flexibility index (Phi) is 4.04. The van der Waals surface area contributed by atoms with Gasteiger partial charge in [-0.25, -0.2) is 9.97 Å². The first-order valence-electron chi connectivity index (χ1n) is 8.55. The van der Waals surface area contributed by atoms with Gasteiger partial charge in [-0.3, -0.25) is 0 Å². The molecule has 2 aromatic heterocycles. The van der Waals surface area contributed by atoms with Crippen molar-refractivity contribution in [3.63, 3.8) is 0 Å². The normalized spacial score (nSPS) is 15.9. The van der Waals surface area contributed by atoms with Crippen LogP contribution in [0.3, 0.4) is 0 Å². The lowest BCUT2D eigenvalue weighted by Crippen LogP contribution is -2.20. The monoisotopic (exact) mass is 363 g/mol. The zero-order chi connectivity index (χ0) is 18.3. The van der Waals surface area contributed by atoms with Crippen LogP contribution in [-0.4, -0.2) is 17.1 Å². The fraction of sp³-hybridized carbons (Fsp3) is 0.238. The Balaban J connectivity index is 1.81. The molecule has 0 bridgehead atoms. The average Bonchev–Trinajstić information content (AvgIpc) is 3.01. The van der Waals surface area contributed by atoms with Crippen molar-refractivity contribution in [2.45, 2.75) is 25.7 Å². The third kappa shape index (κ3) is 2.78. The highest BCUT2D eigenvalue weighted by Gasteiger charge is 2.32. The van der Waals surface area contributed by atoms with Crippen LogP contribution in [0.1, 0.15) is 36.3 Å². The summed E-state index contributed by atoms with van der Waals surface area (Å²) >= 11 is 1.72. The molecule has 132 valence electrons. The minimum absolute atomic E-state index is 0.0301. The van der Waals surface area contributed by atoms with Crippen molar-refractivity contribution in [1.29, 1.82) is 0 Å². The van der Waals surface area contributed by atoms with E-state index in [1.165, 1.54) is 16.0 Å². The summed E-state index contributed by atoms with van der Waals surface area (Å²) < 4.78 is 5.44. The Morgan fingerprint density at radius 2 is 2.00 bits per heavy atom. The van der Waals surface area contributed by atoms with Gasteiger partial charge >= 0.3 is 0 Å². The summed E-state index contributed by atoms with van der Waals surface area (Å²) in [5.74, 6) is 1.42. The number of nitrogens with zero attached hydrogens (tertiary/aromatic N) is 2. The minimum atomic E-state index is 0.0301. The quantitative estimate of drug-likeness (QED) is 0.706. The van der Waals surface area contributed by atoms with Crippen LogP contribution in [0.5, 0.6) is 5.75 Å². The van der Waals surface area contributed by atoms with Crippen molar-refractivity contribution in [3.05, 3.63) is 58.2 Å². The molecule has 0 amide bonds. The van der Waals surface area contributed by atoms with Gasteiger partial charge < -0.3 is 10.5 Å². The van der Waals surface area contributed by atoms with Gasteiger partial charge in [-0.05, 0) is 24.1 Å². The van der Waals surface area contributed by atoms with Crippen molar-refractivity contribution in [3.8, 4) is 5.75 Å². The number of nitrogens with two attached hydrogens (primary N) is 1. The van der Waals surface area contributed by atoms with Gasteiger partial charge in [0.05, 0.1) is 12.5 Å². The predicted molar refractivity (Wildman–Crippen MR) is 109 cm³/mol. The molecule has 0 aliphatic heterocycles. The summed E-state index contributed by atoms with van der Waals surface area (Å²) in [5, 5.41) is 0.975. The maximum atomic E-state index is 6.15. The molecule has 2 heterocycles. The molecule has 26 heavy (non-hydrogen) atoms. The molecule has 0 saturated heterocycles. The number of benzene rings is 1. The van der Waals surface area contributed by atoms with E-state index in [-0.39, 0.29) is 5.41 Å². The summed E-state index contributed by atoms with van der Waals surface area (Å²) in [6.07, 6.45) is 9.02. The first-order chi connectivity index (χ1) is 12.5. The van der Waals surface area contributed by atoms with Gasteiger partial charge in [0.15, 0.2) is 0 Å². The average molecular weight is 363 g/mol. The van der Waals surface area contributed by atoms with Crippen LogP contribution >= 0.6 is 11.3 Å². The Labute approximate surface area is 157 Å². The van der Waals surface area contributed by atoms with Crippen molar-refractivity contribution < 1.29 is 4.74 Å². The molecule has 0 fully saturated rings. The van der Waals surface area contributed by atoms with Crippen LogP contribution in [0, 0.1) is 0 Å². The molecule has 0 spiro atoms. The second kappa shape index (κ2) is 6.25. The van der Waals surface area contributed by atoms with Crippen LogP contribution in [0.2, 0.25) is 0 Å². The lowest BCUT2D eigenvalue weighted by atomic mass is 9.77. The first kappa shape index (κ1) is 16.8. The van der Waals surface area contributed by atoms with Crippen LogP contribution in [0.15, 0.2) is 42.2 Å². The van der Waals surface area contributed by atoms with Gasteiger partial charge in [-0.15, -0.1) is 11.3 Å². The summed E-state index contributed by atoms with van der Waals surface area (Å²) in [6, 6.07) is 8.03. The topological polar surface area (TPSA) is 61.0 Å². The number of hydrogen-bond acceptors (Lipinski definition) is 5. The van der Waals surface area contributed by atoms with Crippen molar-refractivity contribution in [2.24, 2.45) is 0 Å². The van der Waals surface area contributed by atoms with Gasteiger partial charge in [0, 0.05) is 21.4 Å². The van der Waals surface area contributed by atoms with Crippen molar-refractivity contribution in [2.75, 3.05) is 12.8 Å². The van der Waals surface area contributed by atoms with Crippen LogP contribution in [0.4, 0.5) is 5.82 Å². The number of methoxy groups -OCH3 is 1. The smallest absolute Gasteiger partial charge is 0.136 e. The van der Waals surface area contributed by atoms with Gasteiger partial charge in [-0.2, -0.15) is 0 Å². The van der Waals surface area contributed by atoms with E-state index in [9.17, 15) is 0 Å². The number of allylic oxidation sites excluding steroid dienone is 2. The molecule has 5 heteroatoms. The van der Waals surface area contributed by atoms with E-state index in [1.54, 1.807) is 24.8 Å². The lowest BCUT2D eigenvalue weighted by molar-refractivity contribution is 0.414. The van der Waals surface area contributed by atoms with Gasteiger partial charge in [0.2, 0.25) is 0 Å². The lowest BCUT2D eigenvalue weighted by Gasteiger charge is -2.29. The molecule has 2 N–H and O–H groups in total. The molecule has 0 radical (unpaired) electrons. The first-order valence-corrected chi connectivity index (χ1v) is 9.36. The van der Waals surface area contributed by atoms with E-state index in [0.717, 1.165) is 28.0 Å². The Hall–Kier alpha value is -2.66. The standard InChI is InChI=1S/C21H21N3OS/c1-21(2)11-13(8-9-14-6-4-5-7-16(14)25-3)10-15-17-19(22)23-12-24-20(17)26-18(15)21/h4-10,12H,11H2,1-3H3,(H2,22,23,24)/b9-8+. The molecule has 0 atom stereocenters. The SMILES string of the molecule is COc1ccccc1/C=C/C1=Cc2c(sc3ncnc(N)c23)C(C)(C)C1. The van der Waals surface area contributed by atoms with E-state index < -0.39 is 0 Å². The zero-order valence-electron chi connectivity index (χ0n) is 15.1. The second-order valence-corrected chi connectivity index (χ2v) is 8.14. The molecule has 3 aromatic rings. The molecule has 0 unspecified atom stereocenters. The highest BCUT2D eigenvalue weighted by molar-refractivity contribution is 7.19. The number of fused-ring (bicyclic) bond motifs is 3. The molecule has 1 aliphatic rings. The predicted octanol–water partition coefficient (Wildman–Crippen LogP) is 5.06. The second-order valence-electron chi connectivity index (χ2n) is 7.14. The zero-order valence-corrected chi connectivity index (χ0v) is 15.9. The number of ether oxygens (including phenoxy) is 1. The summed E-state index contributed by atoms with van der Waals surface area (Å²) in [7, 11) is 1.70. The van der Waals surface area contributed by atoms with Gasteiger partial charge in [-0.1, -0.05) is 44.2 Å². The Bertz CT molecular complexity index is 1050. The summed E-state index contributed by atoms with van der Waals surface area (Å²) in [4.78, 5) is 10.9. The number of thiophene rings is 1. The third-order valence-corrected chi connectivity index (χ3v) is 6.24. The van der Waals surface area contributed by atoms with Crippen LogP contribution in [0.25, 0.3) is 22.4 Å². The summed E-state index contributed by atoms with van der Waals surface area (Å²) in [5.41, 5.74) is 9.68. The van der Waals surface area contributed by atoms with Gasteiger partial charge in [0.25, 0.3) is 0 Å². The maximum Gasteiger partial charge on any atom is 0.136 e. The van der Waals surface area contributed by atoms with E-state index in [1.807, 2.05) is 18.2 Å². The molecule has 1 aromatic carbocycles. The largest absolute Gasteiger partial charge is 0.496 e. The molecule has 4 nitrogen and oxygen atoms in total. The number of rotatable bonds is 3. The molecule has 1 aliphatic carbocycles. The number of anilines is 1. The fourth-order valence-corrected chi connectivity index (χ4v) is 4.78. The van der Waals surface area contributed by atoms with Crippen LogP contribution in [-0.2, 0) is 5.41 Å². The molecule has 4 rings (SSSR count). The minimum Gasteiger partial charge on any atom is -0.496 e. The highest BCUT2D eigenvalue weighted by atomic mass is 32.1. The Morgan fingerprint density at radius 1 is 1.19 bits per heavy atom. The molecule has 0 saturated carbocycles. The molecular weight excluding hydrogens is 342 g/mol. The number of nitrogen functional groups attached to an aromatic ring is 1. The third-order valence-electron chi connectivity index (χ3n) is 4.76. The van der Waals surface area contributed by atoms with E-state index in [0.29, 0.717) is 5.82 Å². The summed E-state index contributed by atoms with van der Waals surface area (Å²) in [6.45, 7) is 4.55. The highest BCUT2D eigenvalue weighted by Crippen LogP contribution is 2.47. The Morgan fingerprint density at radius 3 is 2.81 bits per heavy atom. The molecular formula is C21H21N3OS. The number of hydrogen-bond donors (Lipinski definition) is 1.